The standard InChI is InChI=1S/C18H17ClO3/c1-18(21-12-16(11-19)22-18)15-9-7-14(8-10-15)17(20)13-5-3-2-4-6-13/h2-10,16H,11-12H2,1H3. The van der Waals surface area contributed by atoms with E-state index in [-0.39, 0.29) is 11.9 Å². The number of hydrogen-bond acceptors (Lipinski definition) is 3. The van der Waals surface area contributed by atoms with Crippen LogP contribution in [0, 0.1) is 0 Å². The average Bonchev–Trinajstić information content (AvgIpc) is 2.98. The van der Waals surface area contributed by atoms with Crippen molar-refractivity contribution >= 4 is 17.4 Å². The first-order chi connectivity index (χ1) is 10.6. The van der Waals surface area contributed by atoms with Gasteiger partial charge in [0.05, 0.1) is 18.6 Å². The lowest BCUT2D eigenvalue weighted by Crippen LogP contribution is -2.24. The van der Waals surface area contributed by atoms with Gasteiger partial charge >= 0.3 is 0 Å². The molecule has 0 amide bonds. The van der Waals surface area contributed by atoms with E-state index in [1.165, 1.54) is 0 Å². The Balaban J connectivity index is 1.80. The number of halogens is 1. The first-order valence-electron chi connectivity index (χ1n) is 7.20. The normalized spacial score (nSPS) is 24.4. The van der Waals surface area contributed by atoms with Gasteiger partial charge < -0.3 is 9.47 Å². The van der Waals surface area contributed by atoms with Crippen LogP contribution in [0.4, 0.5) is 0 Å². The molecule has 2 unspecified atom stereocenters. The predicted octanol–water partition coefficient (Wildman–Crippen LogP) is 3.74. The molecule has 1 saturated heterocycles. The molecule has 1 aliphatic rings. The number of rotatable bonds is 4. The van der Waals surface area contributed by atoms with Gasteiger partial charge in [-0.15, -0.1) is 11.6 Å². The van der Waals surface area contributed by atoms with Crippen LogP contribution in [0.25, 0.3) is 0 Å². The highest BCUT2D eigenvalue weighted by Gasteiger charge is 2.38. The van der Waals surface area contributed by atoms with Gasteiger partial charge in [-0.2, -0.15) is 0 Å². The van der Waals surface area contributed by atoms with E-state index in [9.17, 15) is 4.79 Å². The zero-order valence-corrected chi connectivity index (χ0v) is 13.0. The van der Waals surface area contributed by atoms with Gasteiger partial charge in [0.25, 0.3) is 0 Å². The summed E-state index contributed by atoms with van der Waals surface area (Å²) < 4.78 is 11.6. The third-order valence-electron chi connectivity index (χ3n) is 3.82. The highest BCUT2D eigenvalue weighted by atomic mass is 35.5. The summed E-state index contributed by atoms with van der Waals surface area (Å²) in [5, 5.41) is 0. The van der Waals surface area contributed by atoms with Gasteiger partial charge in [-0.05, 0) is 6.92 Å². The molecule has 0 radical (unpaired) electrons. The zero-order chi connectivity index (χ0) is 15.6. The SMILES string of the molecule is CC1(c2ccc(C(=O)c3ccccc3)cc2)OCC(CCl)O1. The molecular formula is C18H17ClO3. The Kier molecular flexibility index (Phi) is 4.30. The van der Waals surface area contributed by atoms with Crippen LogP contribution in [0.1, 0.15) is 28.4 Å². The van der Waals surface area contributed by atoms with Crippen molar-refractivity contribution in [2.45, 2.75) is 18.8 Å². The number of ketones is 1. The van der Waals surface area contributed by atoms with E-state index in [1.807, 2.05) is 49.4 Å². The Hall–Kier alpha value is -1.68. The van der Waals surface area contributed by atoms with E-state index >= 15 is 0 Å². The lowest BCUT2D eigenvalue weighted by molar-refractivity contribution is -0.159. The summed E-state index contributed by atoms with van der Waals surface area (Å²) >= 11 is 5.81. The Morgan fingerprint density at radius 2 is 1.77 bits per heavy atom. The fourth-order valence-electron chi connectivity index (χ4n) is 2.55. The van der Waals surface area contributed by atoms with Crippen molar-refractivity contribution in [1.82, 2.24) is 0 Å². The first kappa shape index (κ1) is 15.2. The average molecular weight is 317 g/mol. The second kappa shape index (κ2) is 6.21. The Morgan fingerprint density at radius 3 is 2.36 bits per heavy atom. The van der Waals surface area contributed by atoms with E-state index in [4.69, 9.17) is 21.1 Å². The molecule has 2 aromatic rings. The zero-order valence-electron chi connectivity index (χ0n) is 12.3. The molecular weight excluding hydrogens is 300 g/mol. The van der Waals surface area contributed by atoms with E-state index in [2.05, 4.69) is 0 Å². The van der Waals surface area contributed by atoms with E-state index in [1.54, 1.807) is 12.1 Å². The molecule has 2 atom stereocenters. The van der Waals surface area contributed by atoms with Crippen LogP contribution in [0.15, 0.2) is 54.6 Å². The summed E-state index contributed by atoms with van der Waals surface area (Å²) in [6.07, 6.45) is -0.0997. The maximum Gasteiger partial charge on any atom is 0.193 e. The molecule has 0 spiro atoms. The van der Waals surface area contributed by atoms with Crippen LogP contribution in [0.2, 0.25) is 0 Å². The van der Waals surface area contributed by atoms with Crippen molar-refractivity contribution in [2.24, 2.45) is 0 Å². The number of alkyl halides is 1. The molecule has 1 aliphatic heterocycles. The van der Waals surface area contributed by atoms with E-state index in [0.29, 0.717) is 23.6 Å². The molecule has 0 aliphatic carbocycles. The Labute approximate surface area is 134 Å². The predicted molar refractivity (Wildman–Crippen MR) is 85.2 cm³/mol. The van der Waals surface area contributed by atoms with Gasteiger partial charge in [0.15, 0.2) is 11.6 Å². The van der Waals surface area contributed by atoms with Crippen molar-refractivity contribution in [2.75, 3.05) is 12.5 Å². The third kappa shape index (κ3) is 2.93. The molecule has 0 aromatic heterocycles. The minimum atomic E-state index is -0.798. The number of benzene rings is 2. The monoisotopic (exact) mass is 316 g/mol. The number of ether oxygens (including phenoxy) is 2. The minimum absolute atomic E-state index is 0.00389. The molecule has 3 nitrogen and oxygen atoms in total. The smallest absolute Gasteiger partial charge is 0.193 e. The largest absolute Gasteiger partial charge is 0.343 e. The lowest BCUT2D eigenvalue weighted by atomic mass is 10.00. The Morgan fingerprint density at radius 1 is 1.14 bits per heavy atom. The van der Waals surface area contributed by atoms with Gasteiger partial charge in [0, 0.05) is 16.7 Å². The molecule has 2 aromatic carbocycles. The van der Waals surface area contributed by atoms with Crippen LogP contribution >= 0.6 is 11.6 Å². The second-order valence-corrected chi connectivity index (χ2v) is 5.73. The molecule has 0 saturated carbocycles. The topological polar surface area (TPSA) is 35.5 Å². The van der Waals surface area contributed by atoms with Crippen LogP contribution in [-0.2, 0) is 15.3 Å². The first-order valence-corrected chi connectivity index (χ1v) is 7.74. The van der Waals surface area contributed by atoms with Crippen LogP contribution < -0.4 is 0 Å². The molecule has 114 valence electrons. The van der Waals surface area contributed by atoms with E-state index in [0.717, 1.165) is 5.56 Å². The summed E-state index contributed by atoms with van der Waals surface area (Å²) in [6, 6.07) is 16.6. The molecule has 3 rings (SSSR count). The molecule has 0 bridgehead atoms. The van der Waals surface area contributed by atoms with E-state index < -0.39 is 5.79 Å². The summed E-state index contributed by atoms with van der Waals surface area (Å²) in [5.74, 6) is -0.391. The molecule has 0 N–H and O–H groups in total. The van der Waals surface area contributed by atoms with Gasteiger partial charge in [-0.25, -0.2) is 0 Å². The highest BCUT2D eigenvalue weighted by Crippen LogP contribution is 2.34. The molecule has 22 heavy (non-hydrogen) atoms. The highest BCUT2D eigenvalue weighted by molar-refractivity contribution is 6.18. The van der Waals surface area contributed by atoms with Crippen molar-refractivity contribution in [1.29, 1.82) is 0 Å². The quantitative estimate of drug-likeness (QED) is 0.636. The molecule has 1 heterocycles. The summed E-state index contributed by atoms with van der Waals surface area (Å²) in [6.45, 7) is 2.35. The van der Waals surface area contributed by atoms with Gasteiger partial charge in [0.2, 0.25) is 0 Å². The minimum Gasteiger partial charge on any atom is -0.343 e. The second-order valence-electron chi connectivity index (χ2n) is 5.42. The fraction of sp³-hybridized carbons (Fsp3) is 0.278. The third-order valence-corrected chi connectivity index (χ3v) is 4.16. The summed E-state index contributed by atoms with van der Waals surface area (Å²) in [4.78, 5) is 12.4. The van der Waals surface area contributed by atoms with Crippen molar-refractivity contribution in [3.05, 3.63) is 71.3 Å². The number of hydrogen-bond donors (Lipinski definition) is 0. The maximum absolute atomic E-state index is 12.4. The van der Waals surface area contributed by atoms with Crippen molar-refractivity contribution < 1.29 is 14.3 Å². The van der Waals surface area contributed by atoms with Crippen LogP contribution in [-0.4, -0.2) is 24.4 Å². The van der Waals surface area contributed by atoms with Gasteiger partial charge in [0.1, 0.15) is 0 Å². The van der Waals surface area contributed by atoms with Crippen molar-refractivity contribution in [3.63, 3.8) is 0 Å². The Bertz CT molecular complexity index is 654. The lowest BCUT2D eigenvalue weighted by Gasteiger charge is -2.23. The summed E-state index contributed by atoms with van der Waals surface area (Å²) in [5.41, 5.74) is 2.20. The molecule has 4 heteroatoms. The maximum atomic E-state index is 12.4. The van der Waals surface area contributed by atoms with Crippen LogP contribution in [0.5, 0.6) is 0 Å². The molecule has 1 fully saturated rings. The van der Waals surface area contributed by atoms with Crippen LogP contribution in [0.3, 0.4) is 0 Å². The fourth-order valence-corrected chi connectivity index (χ4v) is 2.70. The number of carbonyl (C=O) groups excluding carboxylic acids is 1. The number of carbonyl (C=O) groups is 1. The summed E-state index contributed by atoms with van der Waals surface area (Å²) in [7, 11) is 0. The van der Waals surface area contributed by atoms with Crippen molar-refractivity contribution in [3.8, 4) is 0 Å². The van der Waals surface area contributed by atoms with Gasteiger partial charge in [-0.3, -0.25) is 4.79 Å². The van der Waals surface area contributed by atoms with Gasteiger partial charge in [-0.1, -0.05) is 54.6 Å².